The van der Waals surface area contributed by atoms with Crippen molar-refractivity contribution in [3.8, 4) is 0 Å². The first-order valence-electron chi connectivity index (χ1n) is 4.53. The van der Waals surface area contributed by atoms with Gasteiger partial charge in [-0.15, -0.1) is 23.5 Å². The van der Waals surface area contributed by atoms with E-state index in [1.54, 1.807) is 36.7 Å². The summed E-state index contributed by atoms with van der Waals surface area (Å²) in [6, 6.07) is 0. The van der Waals surface area contributed by atoms with Gasteiger partial charge in [-0.3, -0.25) is 4.79 Å². The van der Waals surface area contributed by atoms with E-state index in [1.807, 2.05) is 19.4 Å². The SMILES string of the molecule is CCC(CC(=O)C=C(SC)SC)OC. The predicted molar refractivity (Wildman–Crippen MR) is 65.8 cm³/mol. The minimum absolute atomic E-state index is 0.0590. The van der Waals surface area contributed by atoms with Crippen LogP contribution < -0.4 is 0 Å². The van der Waals surface area contributed by atoms with Gasteiger partial charge in [0.1, 0.15) is 0 Å². The minimum atomic E-state index is 0.0590. The third kappa shape index (κ3) is 5.73. The Hall–Kier alpha value is 0.0700. The van der Waals surface area contributed by atoms with Gasteiger partial charge in [0.15, 0.2) is 5.78 Å². The van der Waals surface area contributed by atoms with Crippen molar-refractivity contribution in [1.82, 2.24) is 0 Å². The lowest BCUT2D eigenvalue weighted by atomic mass is 10.1. The lowest BCUT2D eigenvalue weighted by Crippen LogP contribution is -2.13. The van der Waals surface area contributed by atoms with Crippen LogP contribution in [0.25, 0.3) is 0 Å². The largest absolute Gasteiger partial charge is 0.381 e. The second-order valence-electron chi connectivity index (χ2n) is 2.81. The van der Waals surface area contributed by atoms with E-state index in [4.69, 9.17) is 4.74 Å². The van der Waals surface area contributed by atoms with Crippen LogP contribution in [0.3, 0.4) is 0 Å². The zero-order valence-corrected chi connectivity index (χ0v) is 10.8. The second-order valence-corrected chi connectivity index (χ2v) is 4.76. The van der Waals surface area contributed by atoms with Crippen molar-refractivity contribution >= 4 is 29.3 Å². The summed E-state index contributed by atoms with van der Waals surface area (Å²) in [5, 5.41) is 0. The number of allylic oxidation sites excluding steroid dienone is 1. The molecule has 82 valence electrons. The highest BCUT2D eigenvalue weighted by atomic mass is 32.2. The molecule has 4 heteroatoms. The van der Waals surface area contributed by atoms with Crippen LogP contribution in [0.15, 0.2) is 10.3 Å². The summed E-state index contributed by atoms with van der Waals surface area (Å²) in [5.74, 6) is 0.150. The number of ketones is 1. The molecule has 0 aliphatic carbocycles. The van der Waals surface area contributed by atoms with E-state index in [-0.39, 0.29) is 11.9 Å². The molecule has 14 heavy (non-hydrogen) atoms. The summed E-state index contributed by atoms with van der Waals surface area (Å²) in [4.78, 5) is 11.5. The number of hydrogen-bond acceptors (Lipinski definition) is 4. The summed E-state index contributed by atoms with van der Waals surface area (Å²) >= 11 is 3.21. The second kappa shape index (κ2) is 8.38. The highest BCUT2D eigenvalue weighted by Crippen LogP contribution is 2.23. The van der Waals surface area contributed by atoms with Crippen LogP contribution in [0.5, 0.6) is 0 Å². The normalized spacial score (nSPS) is 12.3. The maximum Gasteiger partial charge on any atom is 0.159 e. The van der Waals surface area contributed by atoms with Gasteiger partial charge in [0.2, 0.25) is 0 Å². The monoisotopic (exact) mass is 234 g/mol. The van der Waals surface area contributed by atoms with Gasteiger partial charge in [-0.2, -0.15) is 0 Å². The van der Waals surface area contributed by atoms with E-state index in [0.29, 0.717) is 6.42 Å². The highest BCUT2D eigenvalue weighted by molar-refractivity contribution is 8.21. The molecule has 0 aromatic carbocycles. The van der Waals surface area contributed by atoms with E-state index in [0.717, 1.165) is 10.7 Å². The van der Waals surface area contributed by atoms with Crippen LogP contribution in [-0.4, -0.2) is 31.5 Å². The number of thioether (sulfide) groups is 2. The first-order valence-corrected chi connectivity index (χ1v) is 6.98. The zero-order valence-electron chi connectivity index (χ0n) is 9.20. The number of rotatable bonds is 7. The summed E-state index contributed by atoms with van der Waals surface area (Å²) in [6.07, 6.45) is 7.08. The highest BCUT2D eigenvalue weighted by Gasteiger charge is 2.09. The molecule has 0 spiro atoms. The van der Waals surface area contributed by atoms with E-state index in [2.05, 4.69) is 0 Å². The van der Waals surface area contributed by atoms with Gasteiger partial charge in [-0.25, -0.2) is 0 Å². The van der Waals surface area contributed by atoms with Crippen LogP contribution in [0, 0.1) is 0 Å². The van der Waals surface area contributed by atoms with Crippen LogP contribution in [-0.2, 0) is 9.53 Å². The summed E-state index contributed by atoms with van der Waals surface area (Å²) in [6.45, 7) is 2.02. The molecule has 0 fully saturated rings. The van der Waals surface area contributed by atoms with Crippen LogP contribution in [0.4, 0.5) is 0 Å². The Morgan fingerprint density at radius 3 is 2.36 bits per heavy atom. The third-order valence-electron chi connectivity index (χ3n) is 1.90. The molecule has 0 heterocycles. The molecule has 0 aromatic rings. The molecule has 0 aliphatic heterocycles. The number of hydrogen-bond donors (Lipinski definition) is 0. The van der Waals surface area contributed by atoms with Crippen LogP contribution >= 0.6 is 23.5 Å². The van der Waals surface area contributed by atoms with Crippen molar-refractivity contribution in [2.75, 3.05) is 19.6 Å². The topological polar surface area (TPSA) is 26.3 Å². The quantitative estimate of drug-likeness (QED) is 0.633. The molecule has 0 saturated carbocycles. The van der Waals surface area contributed by atoms with E-state index in [9.17, 15) is 4.79 Å². The molecule has 0 radical (unpaired) electrons. The average Bonchev–Trinajstić information content (AvgIpc) is 2.22. The smallest absolute Gasteiger partial charge is 0.159 e. The fourth-order valence-electron chi connectivity index (χ4n) is 1.01. The van der Waals surface area contributed by atoms with E-state index < -0.39 is 0 Å². The molecule has 0 rings (SSSR count). The molecule has 0 aromatic heterocycles. The fraction of sp³-hybridized carbons (Fsp3) is 0.700. The molecule has 1 unspecified atom stereocenters. The van der Waals surface area contributed by atoms with Gasteiger partial charge in [0, 0.05) is 23.8 Å². The molecule has 0 bridgehead atoms. The van der Waals surface area contributed by atoms with Crippen LogP contribution in [0.1, 0.15) is 19.8 Å². The van der Waals surface area contributed by atoms with E-state index >= 15 is 0 Å². The van der Waals surface area contributed by atoms with Crippen molar-refractivity contribution in [2.24, 2.45) is 0 Å². The molecular weight excluding hydrogens is 216 g/mol. The van der Waals surface area contributed by atoms with E-state index in [1.165, 1.54) is 0 Å². The lowest BCUT2D eigenvalue weighted by molar-refractivity contribution is -0.116. The van der Waals surface area contributed by atoms with Gasteiger partial charge < -0.3 is 4.74 Å². The van der Waals surface area contributed by atoms with Gasteiger partial charge in [-0.05, 0) is 18.9 Å². The Morgan fingerprint density at radius 1 is 1.43 bits per heavy atom. The third-order valence-corrected chi connectivity index (χ3v) is 3.94. The first kappa shape index (κ1) is 14.1. The standard InChI is InChI=1S/C10H18O2S2/c1-5-9(12-2)6-8(11)7-10(13-3)14-4/h7,9H,5-6H2,1-4H3. The van der Waals surface area contributed by atoms with Gasteiger partial charge in [0.05, 0.1) is 6.10 Å². The maximum absolute atomic E-state index is 11.5. The lowest BCUT2D eigenvalue weighted by Gasteiger charge is -2.10. The number of carbonyl (C=O) groups is 1. The molecule has 0 N–H and O–H groups in total. The Bertz CT molecular complexity index is 192. The molecule has 0 aliphatic rings. The molecule has 1 atom stereocenters. The van der Waals surface area contributed by atoms with Crippen molar-refractivity contribution in [3.05, 3.63) is 10.3 Å². The average molecular weight is 234 g/mol. The van der Waals surface area contributed by atoms with Crippen molar-refractivity contribution < 1.29 is 9.53 Å². The van der Waals surface area contributed by atoms with Crippen LogP contribution in [0.2, 0.25) is 0 Å². The van der Waals surface area contributed by atoms with Crippen molar-refractivity contribution in [2.45, 2.75) is 25.9 Å². The number of carbonyl (C=O) groups excluding carboxylic acids is 1. The Morgan fingerprint density at radius 2 is 2.00 bits per heavy atom. The van der Waals surface area contributed by atoms with Gasteiger partial charge >= 0.3 is 0 Å². The maximum atomic E-state index is 11.5. The Kier molecular flexibility index (Phi) is 8.43. The Balaban J connectivity index is 4.13. The van der Waals surface area contributed by atoms with Gasteiger partial charge in [-0.1, -0.05) is 6.92 Å². The Labute approximate surface area is 94.9 Å². The zero-order chi connectivity index (χ0) is 11.0. The van der Waals surface area contributed by atoms with Crippen molar-refractivity contribution in [3.63, 3.8) is 0 Å². The first-order chi connectivity index (χ1) is 6.67. The summed E-state index contributed by atoms with van der Waals surface area (Å²) in [5.41, 5.74) is 0. The fourth-order valence-corrected chi connectivity index (χ4v) is 2.18. The van der Waals surface area contributed by atoms with Crippen molar-refractivity contribution in [1.29, 1.82) is 0 Å². The summed E-state index contributed by atoms with van der Waals surface area (Å²) < 4.78 is 6.21. The predicted octanol–water partition coefficient (Wildman–Crippen LogP) is 2.94. The molecule has 0 amide bonds. The molecular formula is C10H18O2S2. The van der Waals surface area contributed by atoms with Gasteiger partial charge in [0.25, 0.3) is 0 Å². The summed E-state index contributed by atoms with van der Waals surface area (Å²) in [7, 11) is 1.65. The molecule has 0 saturated heterocycles. The number of methoxy groups -OCH3 is 1. The minimum Gasteiger partial charge on any atom is -0.381 e. The molecule has 2 nitrogen and oxygen atoms in total. The number of ether oxygens (including phenoxy) is 1.